The summed E-state index contributed by atoms with van der Waals surface area (Å²) in [6.45, 7) is 0.417. The van der Waals surface area contributed by atoms with Crippen molar-refractivity contribution in [3.8, 4) is 0 Å². The largest absolute Gasteiger partial charge is 0.392 e. The number of benzene rings is 1. The Labute approximate surface area is 93.4 Å². The number of β-amino-alcohol motifs (C(OH)–C–C–N with tert-alkyl or cyclic N) is 1. The average molecular weight is 245 g/mol. The number of nitrogens with zero attached hydrogens (tertiary/aromatic N) is 1. The number of hydrogen-bond acceptors (Lipinski definition) is 3. The van der Waals surface area contributed by atoms with Crippen molar-refractivity contribution in [3.63, 3.8) is 0 Å². The third-order valence-corrected chi connectivity index (χ3v) is 4.46. The number of hydrogen-bond donors (Lipinski definition) is 1. The molecule has 0 amide bonds. The molecule has 4 nitrogen and oxygen atoms in total. The van der Waals surface area contributed by atoms with E-state index in [2.05, 4.69) is 0 Å². The van der Waals surface area contributed by atoms with Gasteiger partial charge in [0, 0.05) is 13.1 Å². The van der Waals surface area contributed by atoms with E-state index in [1.807, 2.05) is 0 Å². The predicted octanol–water partition coefficient (Wildman–Crippen LogP) is 0.581. The minimum atomic E-state index is -3.58. The molecule has 1 N–H and O–H groups in total. The van der Waals surface area contributed by atoms with Crippen LogP contribution >= 0.6 is 0 Å². The van der Waals surface area contributed by atoms with E-state index in [1.165, 1.54) is 16.4 Å². The first-order valence-electron chi connectivity index (χ1n) is 4.94. The smallest absolute Gasteiger partial charge is 0.243 e. The molecule has 1 aromatic rings. The standard InChI is InChI=1S/C10H12FNO3S/c11-8-1-3-10(4-2-8)16(14,15)12-6-5-9(13)7-12/h1-4,9,13H,5-7H2/t9-/m0/s1. The molecule has 0 unspecified atom stereocenters. The summed E-state index contributed by atoms with van der Waals surface area (Å²) in [7, 11) is -3.58. The molecule has 1 fully saturated rings. The molecular weight excluding hydrogens is 233 g/mol. The minimum absolute atomic E-state index is 0.0583. The summed E-state index contributed by atoms with van der Waals surface area (Å²) in [5.41, 5.74) is 0. The molecule has 1 atom stereocenters. The Balaban J connectivity index is 2.29. The van der Waals surface area contributed by atoms with Gasteiger partial charge in [0.2, 0.25) is 10.0 Å². The highest BCUT2D eigenvalue weighted by atomic mass is 32.2. The molecule has 0 radical (unpaired) electrons. The normalized spacial score (nSPS) is 22.5. The number of rotatable bonds is 2. The first-order valence-corrected chi connectivity index (χ1v) is 6.38. The molecule has 0 spiro atoms. The topological polar surface area (TPSA) is 57.6 Å². The van der Waals surface area contributed by atoms with Crippen molar-refractivity contribution in [2.75, 3.05) is 13.1 Å². The Bertz CT molecular complexity index is 471. The third-order valence-electron chi connectivity index (χ3n) is 2.58. The van der Waals surface area contributed by atoms with Gasteiger partial charge in [-0.1, -0.05) is 0 Å². The van der Waals surface area contributed by atoms with Gasteiger partial charge in [0.05, 0.1) is 11.0 Å². The van der Waals surface area contributed by atoms with Gasteiger partial charge >= 0.3 is 0 Å². The SMILES string of the molecule is O=S(=O)(c1ccc(F)cc1)N1CC[C@H](O)C1. The third kappa shape index (κ3) is 2.09. The maximum Gasteiger partial charge on any atom is 0.243 e. The van der Waals surface area contributed by atoms with Crippen LogP contribution in [0.2, 0.25) is 0 Å². The van der Waals surface area contributed by atoms with Crippen molar-refractivity contribution in [3.05, 3.63) is 30.1 Å². The molecule has 16 heavy (non-hydrogen) atoms. The Hall–Kier alpha value is -0.980. The quantitative estimate of drug-likeness (QED) is 0.829. The number of halogens is 1. The van der Waals surface area contributed by atoms with Gasteiger partial charge in [-0.25, -0.2) is 12.8 Å². The highest BCUT2D eigenvalue weighted by Gasteiger charge is 2.31. The Morgan fingerprint density at radius 1 is 1.31 bits per heavy atom. The second-order valence-electron chi connectivity index (χ2n) is 3.76. The summed E-state index contributed by atoms with van der Waals surface area (Å²) >= 11 is 0. The zero-order chi connectivity index (χ0) is 11.8. The fourth-order valence-electron chi connectivity index (χ4n) is 1.68. The van der Waals surface area contributed by atoms with E-state index in [1.54, 1.807) is 0 Å². The molecule has 1 aliphatic heterocycles. The highest BCUT2D eigenvalue weighted by molar-refractivity contribution is 7.89. The summed E-state index contributed by atoms with van der Waals surface area (Å²) in [6, 6.07) is 4.68. The van der Waals surface area contributed by atoms with Crippen molar-refractivity contribution in [1.82, 2.24) is 4.31 Å². The van der Waals surface area contributed by atoms with Gasteiger partial charge in [0.1, 0.15) is 5.82 Å². The maximum absolute atomic E-state index is 12.7. The minimum Gasteiger partial charge on any atom is -0.392 e. The molecule has 6 heteroatoms. The van der Waals surface area contributed by atoms with Gasteiger partial charge in [0.15, 0.2) is 0 Å². The summed E-state index contributed by atoms with van der Waals surface area (Å²) in [6.07, 6.45) is -0.157. The van der Waals surface area contributed by atoms with Gasteiger partial charge in [-0.05, 0) is 30.7 Å². The van der Waals surface area contributed by atoms with E-state index >= 15 is 0 Å². The summed E-state index contributed by atoms with van der Waals surface area (Å²) in [5.74, 6) is -0.472. The Morgan fingerprint density at radius 3 is 2.44 bits per heavy atom. The lowest BCUT2D eigenvalue weighted by molar-refractivity contribution is 0.189. The second-order valence-corrected chi connectivity index (χ2v) is 5.70. The van der Waals surface area contributed by atoms with Gasteiger partial charge in [0.25, 0.3) is 0 Å². The summed E-state index contributed by atoms with van der Waals surface area (Å²) < 4.78 is 37.8. The van der Waals surface area contributed by atoms with Gasteiger partial charge in [-0.15, -0.1) is 0 Å². The molecule has 0 saturated carbocycles. The molecular formula is C10H12FNO3S. The second kappa shape index (κ2) is 4.12. The van der Waals surface area contributed by atoms with Crippen LogP contribution in [0.5, 0.6) is 0 Å². The van der Waals surface area contributed by atoms with Crippen LogP contribution in [-0.2, 0) is 10.0 Å². The Kier molecular flexibility index (Phi) is 2.96. The molecule has 1 aromatic carbocycles. The highest BCUT2D eigenvalue weighted by Crippen LogP contribution is 2.20. The Morgan fingerprint density at radius 2 is 1.94 bits per heavy atom. The monoisotopic (exact) mass is 245 g/mol. The van der Waals surface area contributed by atoms with Crippen LogP contribution < -0.4 is 0 Å². The van der Waals surface area contributed by atoms with Crippen molar-refractivity contribution < 1.29 is 17.9 Å². The zero-order valence-electron chi connectivity index (χ0n) is 8.51. The fraction of sp³-hybridized carbons (Fsp3) is 0.400. The number of aliphatic hydroxyl groups is 1. The van der Waals surface area contributed by atoms with E-state index < -0.39 is 21.9 Å². The fourth-order valence-corrected chi connectivity index (χ4v) is 3.18. The molecule has 0 aliphatic carbocycles. The predicted molar refractivity (Wildman–Crippen MR) is 55.8 cm³/mol. The number of aliphatic hydroxyl groups excluding tert-OH is 1. The molecule has 2 rings (SSSR count). The van der Waals surface area contributed by atoms with Crippen LogP contribution in [0.25, 0.3) is 0 Å². The summed E-state index contributed by atoms with van der Waals surface area (Å²) in [5, 5.41) is 9.29. The molecule has 0 bridgehead atoms. The maximum atomic E-state index is 12.7. The lowest BCUT2D eigenvalue weighted by Crippen LogP contribution is -2.29. The van der Waals surface area contributed by atoms with Crippen LogP contribution in [0.1, 0.15) is 6.42 Å². The van der Waals surface area contributed by atoms with E-state index in [0.29, 0.717) is 13.0 Å². The van der Waals surface area contributed by atoms with Gasteiger partial charge in [-0.3, -0.25) is 0 Å². The van der Waals surface area contributed by atoms with E-state index in [-0.39, 0.29) is 11.4 Å². The van der Waals surface area contributed by atoms with Gasteiger partial charge < -0.3 is 5.11 Å². The van der Waals surface area contributed by atoms with Crippen molar-refractivity contribution in [2.45, 2.75) is 17.4 Å². The molecule has 1 saturated heterocycles. The molecule has 1 heterocycles. The lowest BCUT2D eigenvalue weighted by atomic mass is 10.3. The van der Waals surface area contributed by atoms with Crippen LogP contribution in [0, 0.1) is 5.82 Å². The van der Waals surface area contributed by atoms with Crippen LogP contribution in [0.3, 0.4) is 0 Å². The van der Waals surface area contributed by atoms with E-state index in [4.69, 9.17) is 0 Å². The first-order chi connectivity index (χ1) is 7.50. The van der Waals surface area contributed by atoms with Crippen molar-refractivity contribution in [2.24, 2.45) is 0 Å². The zero-order valence-corrected chi connectivity index (χ0v) is 9.32. The molecule has 1 aliphatic rings. The van der Waals surface area contributed by atoms with Crippen LogP contribution in [-0.4, -0.2) is 37.0 Å². The van der Waals surface area contributed by atoms with Crippen LogP contribution in [0.15, 0.2) is 29.2 Å². The van der Waals surface area contributed by atoms with E-state index in [0.717, 1.165) is 12.1 Å². The molecule has 88 valence electrons. The average Bonchev–Trinajstić information content (AvgIpc) is 2.66. The lowest BCUT2D eigenvalue weighted by Gasteiger charge is -2.15. The van der Waals surface area contributed by atoms with Crippen molar-refractivity contribution in [1.29, 1.82) is 0 Å². The van der Waals surface area contributed by atoms with Gasteiger partial charge in [-0.2, -0.15) is 4.31 Å². The number of sulfonamides is 1. The first kappa shape index (κ1) is 11.5. The van der Waals surface area contributed by atoms with E-state index in [9.17, 15) is 17.9 Å². The van der Waals surface area contributed by atoms with Crippen molar-refractivity contribution >= 4 is 10.0 Å². The van der Waals surface area contributed by atoms with Crippen LogP contribution in [0.4, 0.5) is 4.39 Å². The summed E-state index contributed by atoms with van der Waals surface area (Å²) in [4.78, 5) is 0.0583. The molecule has 0 aromatic heterocycles.